The summed E-state index contributed by atoms with van der Waals surface area (Å²) in [5.41, 5.74) is 1.55. The zero-order valence-electron chi connectivity index (χ0n) is 10.2. The Bertz CT molecular complexity index is 572. The monoisotopic (exact) mass is 314 g/mol. The van der Waals surface area contributed by atoms with Crippen LogP contribution in [0.1, 0.15) is 22.8 Å². The van der Waals surface area contributed by atoms with Gasteiger partial charge < -0.3 is 5.32 Å². The Balaban J connectivity index is 2.02. The van der Waals surface area contributed by atoms with Crippen molar-refractivity contribution in [1.29, 1.82) is 0 Å². The van der Waals surface area contributed by atoms with Crippen molar-refractivity contribution in [3.63, 3.8) is 0 Å². The largest absolute Gasteiger partial charge is 0.349 e. The molecule has 0 radical (unpaired) electrons. The molecule has 2 aromatic rings. The van der Waals surface area contributed by atoms with Gasteiger partial charge in [-0.3, -0.25) is 4.79 Å². The van der Waals surface area contributed by atoms with Gasteiger partial charge in [-0.25, -0.2) is 4.98 Å². The van der Waals surface area contributed by atoms with Crippen LogP contribution in [0.15, 0.2) is 29.1 Å². The summed E-state index contributed by atoms with van der Waals surface area (Å²) >= 11 is 13.3. The van der Waals surface area contributed by atoms with Crippen LogP contribution in [0.4, 0.5) is 0 Å². The number of amides is 1. The fraction of sp³-hybridized carbons (Fsp3) is 0.231. The molecule has 0 saturated heterocycles. The lowest BCUT2D eigenvalue weighted by atomic mass is 10.1. The van der Waals surface area contributed by atoms with Crippen molar-refractivity contribution in [1.82, 2.24) is 10.3 Å². The van der Waals surface area contributed by atoms with Crippen LogP contribution in [-0.2, 0) is 6.42 Å². The quantitative estimate of drug-likeness (QED) is 0.872. The molecule has 19 heavy (non-hydrogen) atoms. The Labute approximate surface area is 125 Å². The molecule has 0 spiro atoms. The molecule has 1 atom stereocenters. The van der Waals surface area contributed by atoms with Crippen LogP contribution >= 0.6 is 34.5 Å². The minimum Gasteiger partial charge on any atom is -0.349 e. The second-order valence-corrected chi connectivity index (χ2v) is 5.77. The number of hydrogen-bond donors (Lipinski definition) is 1. The van der Waals surface area contributed by atoms with E-state index in [4.69, 9.17) is 23.2 Å². The van der Waals surface area contributed by atoms with Gasteiger partial charge in [0.25, 0.3) is 5.91 Å². The van der Waals surface area contributed by atoms with Crippen LogP contribution < -0.4 is 5.32 Å². The Morgan fingerprint density at radius 2 is 2.32 bits per heavy atom. The third-order valence-corrected chi connectivity index (χ3v) is 3.81. The molecule has 6 heteroatoms. The number of thiophene rings is 1. The van der Waals surface area contributed by atoms with Crippen LogP contribution in [-0.4, -0.2) is 16.9 Å². The molecule has 2 heterocycles. The van der Waals surface area contributed by atoms with Gasteiger partial charge in [0.15, 0.2) is 0 Å². The van der Waals surface area contributed by atoms with Crippen LogP contribution in [0.25, 0.3) is 0 Å². The molecule has 2 rings (SSSR count). The van der Waals surface area contributed by atoms with E-state index in [-0.39, 0.29) is 17.1 Å². The number of aromatic nitrogens is 1. The van der Waals surface area contributed by atoms with Crippen LogP contribution in [0.2, 0.25) is 10.2 Å². The highest BCUT2D eigenvalue weighted by Crippen LogP contribution is 2.18. The molecule has 0 fully saturated rings. The lowest BCUT2D eigenvalue weighted by Gasteiger charge is -2.13. The zero-order chi connectivity index (χ0) is 13.8. The first kappa shape index (κ1) is 14.3. The van der Waals surface area contributed by atoms with Gasteiger partial charge in [0.1, 0.15) is 5.15 Å². The first-order chi connectivity index (χ1) is 9.06. The van der Waals surface area contributed by atoms with Crippen LogP contribution in [0, 0.1) is 0 Å². The molecule has 3 nitrogen and oxygen atoms in total. The summed E-state index contributed by atoms with van der Waals surface area (Å²) in [7, 11) is 0. The van der Waals surface area contributed by atoms with E-state index in [1.54, 1.807) is 11.3 Å². The molecule has 100 valence electrons. The summed E-state index contributed by atoms with van der Waals surface area (Å²) in [5.74, 6) is -0.239. The van der Waals surface area contributed by atoms with E-state index in [0.717, 1.165) is 6.42 Å². The first-order valence-electron chi connectivity index (χ1n) is 5.69. The maximum absolute atomic E-state index is 12.1. The SMILES string of the molecule is CC(Cc1ccsc1)NC(=O)c1cc(Cl)ncc1Cl. The number of nitrogens with zero attached hydrogens (tertiary/aromatic N) is 1. The van der Waals surface area contributed by atoms with Crippen molar-refractivity contribution < 1.29 is 4.79 Å². The fourth-order valence-corrected chi connectivity index (χ4v) is 2.73. The van der Waals surface area contributed by atoms with Crippen LogP contribution in [0.5, 0.6) is 0 Å². The Morgan fingerprint density at radius 1 is 1.53 bits per heavy atom. The van der Waals surface area contributed by atoms with Gasteiger partial charge in [0, 0.05) is 12.2 Å². The number of nitrogens with one attached hydrogen (secondary N) is 1. The Kier molecular flexibility index (Phi) is 4.80. The molecule has 1 unspecified atom stereocenters. The summed E-state index contributed by atoms with van der Waals surface area (Å²) < 4.78 is 0. The molecular formula is C13H12Cl2N2OS. The van der Waals surface area contributed by atoms with Crippen molar-refractivity contribution >= 4 is 40.4 Å². The third-order valence-electron chi connectivity index (χ3n) is 2.57. The number of halogens is 2. The topological polar surface area (TPSA) is 42.0 Å². The summed E-state index contributed by atoms with van der Waals surface area (Å²) in [4.78, 5) is 15.9. The number of carbonyl (C=O) groups is 1. The average Bonchev–Trinajstić information content (AvgIpc) is 2.84. The number of carbonyl (C=O) groups excluding carboxylic acids is 1. The van der Waals surface area contributed by atoms with E-state index >= 15 is 0 Å². The molecule has 0 saturated carbocycles. The Hall–Kier alpha value is -1.10. The standard InChI is InChI=1S/C13H12Cl2N2OS/c1-8(4-9-2-3-19-7-9)17-13(18)10-5-12(15)16-6-11(10)14/h2-3,5-8H,4H2,1H3,(H,17,18). The van der Waals surface area contributed by atoms with Gasteiger partial charge in [-0.1, -0.05) is 23.2 Å². The highest BCUT2D eigenvalue weighted by atomic mass is 35.5. The number of hydrogen-bond acceptors (Lipinski definition) is 3. The zero-order valence-corrected chi connectivity index (χ0v) is 12.5. The van der Waals surface area contributed by atoms with E-state index < -0.39 is 0 Å². The third kappa shape index (κ3) is 3.93. The number of rotatable bonds is 4. The molecule has 0 bridgehead atoms. The maximum atomic E-state index is 12.1. The highest BCUT2D eigenvalue weighted by Gasteiger charge is 2.14. The lowest BCUT2D eigenvalue weighted by Crippen LogP contribution is -2.34. The smallest absolute Gasteiger partial charge is 0.253 e. The molecule has 2 aromatic heterocycles. The summed E-state index contributed by atoms with van der Waals surface area (Å²) in [6.45, 7) is 1.95. The Morgan fingerprint density at radius 3 is 3.00 bits per heavy atom. The van der Waals surface area contributed by atoms with Crippen molar-refractivity contribution in [3.05, 3.63) is 50.4 Å². The predicted molar refractivity (Wildman–Crippen MR) is 79.2 cm³/mol. The summed E-state index contributed by atoms with van der Waals surface area (Å²) in [5, 5.41) is 7.53. The lowest BCUT2D eigenvalue weighted by molar-refractivity contribution is 0.0940. The first-order valence-corrected chi connectivity index (χ1v) is 7.39. The van der Waals surface area contributed by atoms with Crippen molar-refractivity contribution in [3.8, 4) is 0 Å². The maximum Gasteiger partial charge on any atom is 0.253 e. The van der Waals surface area contributed by atoms with Crippen molar-refractivity contribution in [2.45, 2.75) is 19.4 Å². The van der Waals surface area contributed by atoms with E-state index in [1.807, 2.05) is 18.4 Å². The highest BCUT2D eigenvalue weighted by molar-refractivity contribution is 7.07. The molecule has 0 aromatic carbocycles. The minimum absolute atomic E-state index is 0.0186. The van der Waals surface area contributed by atoms with Gasteiger partial charge in [-0.15, -0.1) is 0 Å². The molecule has 0 aliphatic rings. The summed E-state index contributed by atoms with van der Waals surface area (Å²) in [6, 6.07) is 3.53. The van der Waals surface area contributed by atoms with E-state index in [9.17, 15) is 4.79 Å². The molecule has 1 N–H and O–H groups in total. The van der Waals surface area contributed by atoms with E-state index in [2.05, 4.69) is 15.7 Å². The summed E-state index contributed by atoms with van der Waals surface area (Å²) in [6.07, 6.45) is 2.16. The molecular weight excluding hydrogens is 303 g/mol. The van der Waals surface area contributed by atoms with Crippen molar-refractivity contribution in [2.75, 3.05) is 0 Å². The molecule has 0 aliphatic heterocycles. The van der Waals surface area contributed by atoms with Gasteiger partial charge in [0.05, 0.1) is 10.6 Å². The minimum atomic E-state index is -0.239. The van der Waals surface area contributed by atoms with E-state index in [1.165, 1.54) is 17.8 Å². The van der Waals surface area contributed by atoms with E-state index in [0.29, 0.717) is 10.6 Å². The predicted octanol–water partition coefficient (Wildman–Crippen LogP) is 3.81. The molecule has 0 aliphatic carbocycles. The van der Waals surface area contributed by atoms with Gasteiger partial charge in [-0.05, 0) is 41.8 Å². The number of pyridine rings is 1. The normalized spacial score (nSPS) is 12.2. The van der Waals surface area contributed by atoms with Gasteiger partial charge >= 0.3 is 0 Å². The molecule has 1 amide bonds. The average molecular weight is 315 g/mol. The van der Waals surface area contributed by atoms with Gasteiger partial charge in [0.2, 0.25) is 0 Å². The fourth-order valence-electron chi connectivity index (χ4n) is 1.70. The second kappa shape index (κ2) is 6.37. The van der Waals surface area contributed by atoms with Crippen molar-refractivity contribution in [2.24, 2.45) is 0 Å². The second-order valence-electron chi connectivity index (χ2n) is 4.20. The van der Waals surface area contributed by atoms with Crippen LogP contribution in [0.3, 0.4) is 0 Å². The van der Waals surface area contributed by atoms with Gasteiger partial charge in [-0.2, -0.15) is 11.3 Å².